The molecule has 0 aliphatic carbocycles. The van der Waals surface area contributed by atoms with E-state index in [1.807, 2.05) is 0 Å². The third kappa shape index (κ3) is 2.97. The maximum absolute atomic E-state index is 13.6. The molecule has 98 valence electrons. The second-order valence-electron chi connectivity index (χ2n) is 4.55. The monoisotopic (exact) mass is 253 g/mol. The number of hydrogen-bond acceptors (Lipinski definition) is 3. The number of nitrogens with zero attached hydrogens (tertiary/aromatic N) is 1. The molecule has 0 atom stereocenters. The van der Waals surface area contributed by atoms with Gasteiger partial charge in [0.15, 0.2) is 5.84 Å². The van der Waals surface area contributed by atoms with Crippen molar-refractivity contribution in [3.8, 4) is 0 Å². The van der Waals surface area contributed by atoms with Crippen LogP contribution in [0.15, 0.2) is 23.4 Å². The zero-order valence-corrected chi connectivity index (χ0v) is 10.5. The van der Waals surface area contributed by atoms with Gasteiger partial charge in [-0.15, -0.1) is 0 Å². The van der Waals surface area contributed by atoms with Crippen molar-refractivity contribution in [2.75, 3.05) is 0 Å². The maximum Gasteiger partial charge on any atom is 0.255 e. The van der Waals surface area contributed by atoms with Crippen LogP contribution in [-0.4, -0.2) is 22.5 Å². The van der Waals surface area contributed by atoms with Crippen molar-refractivity contribution in [1.29, 1.82) is 0 Å². The SMILES string of the molecule is Cc1ccc(C(=O)NC(C)(C)/C(N)=N/O)c(F)c1. The number of nitrogens with one attached hydrogen (secondary N) is 1. The van der Waals surface area contributed by atoms with Crippen LogP contribution in [0.25, 0.3) is 0 Å². The number of oxime groups is 1. The third-order valence-corrected chi connectivity index (χ3v) is 2.54. The molecule has 0 radical (unpaired) electrons. The fourth-order valence-electron chi connectivity index (χ4n) is 1.34. The first-order chi connectivity index (χ1) is 8.27. The highest BCUT2D eigenvalue weighted by Gasteiger charge is 2.27. The van der Waals surface area contributed by atoms with Crippen molar-refractivity contribution in [1.82, 2.24) is 5.32 Å². The number of aryl methyl sites for hydroxylation is 1. The lowest BCUT2D eigenvalue weighted by Crippen LogP contribution is -2.53. The van der Waals surface area contributed by atoms with Crippen molar-refractivity contribution in [2.45, 2.75) is 26.3 Å². The van der Waals surface area contributed by atoms with Crippen molar-refractivity contribution >= 4 is 11.7 Å². The summed E-state index contributed by atoms with van der Waals surface area (Å²) in [4.78, 5) is 11.9. The van der Waals surface area contributed by atoms with Gasteiger partial charge in [-0.2, -0.15) is 0 Å². The summed E-state index contributed by atoms with van der Waals surface area (Å²) in [5, 5.41) is 13.9. The molecule has 1 aromatic rings. The Morgan fingerprint density at radius 2 is 2.11 bits per heavy atom. The molecule has 4 N–H and O–H groups in total. The topological polar surface area (TPSA) is 87.7 Å². The lowest BCUT2D eigenvalue weighted by Gasteiger charge is -2.24. The summed E-state index contributed by atoms with van der Waals surface area (Å²) in [6.07, 6.45) is 0. The molecular formula is C12H16FN3O2. The summed E-state index contributed by atoms with van der Waals surface area (Å²) < 4.78 is 13.6. The van der Waals surface area contributed by atoms with Gasteiger partial charge in [-0.05, 0) is 38.5 Å². The summed E-state index contributed by atoms with van der Waals surface area (Å²) in [6, 6.07) is 4.29. The number of halogens is 1. The van der Waals surface area contributed by atoms with E-state index in [1.165, 1.54) is 12.1 Å². The molecule has 18 heavy (non-hydrogen) atoms. The summed E-state index contributed by atoms with van der Waals surface area (Å²) in [6.45, 7) is 4.82. The van der Waals surface area contributed by atoms with Gasteiger partial charge in [-0.3, -0.25) is 4.79 Å². The summed E-state index contributed by atoms with van der Waals surface area (Å²) in [7, 11) is 0. The van der Waals surface area contributed by atoms with E-state index in [2.05, 4.69) is 10.5 Å². The molecule has 1 aromatic carbocycles. The van der Waals surface area contributed by atoms with Crippen molar-refractivity contribution in [3.05, 3.63) is 35.1 Å². The number of nitrogens with two attached hydrogens (primary N) is 1. The van der Waals surface area contributed by atoms with Crippen LogP contribution < -0.4 is 11.1 Å². The number of rotatable bonds is 3. The molecule has 0 saturated heterocycles. The van der Waals surface area contributed by atoms with Crippen LogP contribution in [0, 0.1) is 12.7 Å². The highest BCUT2D eigenvalue weighted by Crippen LogP contribution is 2.12. The van der Waals surface area contributed by atoms with Crippen molar-refractivity contribution in [2.24, 2.45) is 10.9 Å². The van der Waals surface area contributed by atoms with Crippen LogP contribution in [-0.2, 0) is 0 Å². The summed E-state index contributed by atoms with van der Waals surface area (Å²) >= 11 is 0. The first-order valence-electron chi connectivity index (χ1n) is 5.34. The molecule has 1 amide bonds. The lowest BCUT2D eigenvalue weighted by atomic mass is 10.0. The van der Waals surface area contributed by atoms with Crippen LogP contribution in [0.4, 0.5) is 4.39 Å². The molecule has 0 fully saturated rings. The van der Waals surface area contributed by atoms with Gasteiger partial charge in [0, 0.05) is 0 Å². The zero-order chi connectivity index (χ0) is 13.9. The molecule has 0 spiro atoms. The van der Waals surface area contributed by atoms with Gasteiger partial charge in [0.2, 0.25) is 0 Å². The average Bonchev–Trinajstić information content (AvgIpc) is 2.26. The van der Waals surface area contributed by atoms with Crippen LogP contribution >= 0.6 is 0 Å². The number of carbonyl (C=O) groups excluding carboxylic acids is 1. The Bertz CT molecular complexity index is 498. The molecule has 0 aliphatic rings. The molecule has 0 heterocycles. The van der Waals surface area contributed by atoms with Crippen molar-refractivity contribution in [3.63, 3.8) is 0 Å². The Hall–Kier alpha value is -2.11. The van der Waals surface area contributed by atoms with Crippen LogP contribution in [0.1, 0.15) is 29.8 Å². The van der Waals surface area contributed by atoms with E-state index in [4.69, 9.17) is 10.9 Å². The lowest BCUT2D eigenvalue weighted by molar-refractivity contribution is 0.0926. The molecule has 5 nitrogen and oxygen atoms in total. The normalized spacial score (nSPS) is 12.3. The van der Waals surface area contributed by atoms with E-state index in [1.54, 1.807) is 26.8 Å². The fourth-order valence-corrected chi connectivity index (χ4v) is 1.34. The highest BCUT2D eigenvalue weighted by atomic mass is 19.1. The number of hydrogen-bond donors (Lipinski definition) is 3. The fraction of sp³-hybridized carbons (Fsp3) is 0.333. The third-order valence-electron chi connectivity index (χ3n) is 2.54. The zero-order valence-electron chi connectivity index (χ0n) is 10.5. The Labute approximate surface area is 104 Å². The van der Waals surface area contributed by atoms with Crippen LogP contribution in [0.5, 0.6) is 0 Å². The average molecular weight is 253 g/mol. The number of benzene rings is 1. The molecular weight excluding hydrogens is 237 g/mol. The molecule has 0 bridgehead atoms. The van der Waals surface area contributed by atoms with Gasteiger partial charge < -0.3 is 16.3 Å². The molecule has 0 saturated carbocycles. The van der Waals surface area contributed by atoms with Gasteiger partial charge in [-0.1, -0.05) is 11.2 Å². The standard InChI is InChI=1S/C12H16FN3O2/c1-7-4-5-8(9(13)6-7)10(17)15-12(2,3)11(14)16-18/h4-6,18H,1-3H3,(H2,14,16)(H,15,17). The Kier molecular flexibility index (Phi) is 3.90. The number of carbonyl (C=O) groups is 1. The smallest absolute Gasteiger partial charge is 0.255 e. The van der Waals surface area contributed by atoms with E-state index >= 15 is 0 Å². The Morgan fingerprint density at radius 1 is 1.50 bits per heavy atom. The van der Waals surface area contributed by atoms with Crippen LogP contribution in [0.2, 0.25) is 0 Å². The van der Waals surface area contributed by atoms with E-state index in [0.29, 0.717) is 0 Å². The van der Waals surface area contributed by atoms with Gasteiger partial charge in [0.05, 0.1) is 11.1 Å². The van der Waals surface area contributed by atoms with E-state index in [-0.39, 0.29) is 11.4 Å². The molecule has 0 unspecified atom stereocenters. The largest absolute Gasteiger partial charge is 0.409 e. The van der Waals surface area contributed by atoms with Gasteiger partial charge >= 0.3 is 0 Å². The minimum Gasteiger partial charge on any atom is -0.409 e. The number of amides is 1. The predicted octanol–water partition coefficient (Wildman–Crippen LogP) is 1.39. The predicted molar refractivity (Wildman–Crippen MR) is 66.1 cm³/mol. The summed E-state index contributed by atoms with van der Waals surface area (Å²) in [5.74, 6) is -1.39. The summed E-state index contributed by atoms with van der Waals surface area (Å²) in [5.41, 5.74) is 5.00. The maximum atomic E-state index is 13.6. The molecule has 0 aliphatic heterocycles. The molecule has 0 aromatic heterocycles. The second kappa shape index (κ2) is 5.03. The van der Waals surface area contributed by atoms with E-state index in [9.17, 15) is 9.18 Å². The first-order valence-corrected chi connectivity index (χ1v) is 5.34. The van der Waals surface area contributed by atoms with Gasteiger partial charge in [0.1, 0.15) is 5.82 Å². The van der Waals surface area contributed by atoms with Gasteiger partial charge in [0.25, 0.3) is 5.91 Å². The van der Waals surface area contributed by atoms with E-state index in [0.717, 1.165) is 5.56 Å². The van der Waals surface area contributed by atoms with Crippen LogP contribution in [0.3, 0.4) is 0 Å². The van der Waals surface area contributed by atoms with Crippen molar-refractivity contribution < 1.29 is 14.4 Å². The molecule has 6 heteroatoms. The minimum atomic E-state index is -1.07. The highest BCUT2D eigenvalue weighted by molar-refractivity contribution is 6.00. The Morgan fingerprint density at radius 3 is 2.61 bits per heavy atom. The quantitative estimate of drug-likeness (QED) is 0.329. The van der Waals surface area contributed by atoms with Gasteiger partial charge in [-0.25, -0.2) is 4.39 Å². The minimum absolute atomic E-state index is 0.0839. The first kappa shape index (κ1) is 14.0. The molecule has 1 rings (SSSR count). The second-order valence-corrected chi connectivity index (χ2v) is 4.55. The Balaban J connectivity index is 2.96. The van der Waals surface area contributed by atoms with E-state index < -0.39 is 17.3 Å². The number of amidine groups is 1.